The number of benzene rings is 1. The van der Waals surface area contributed by atoms with Crippen LogP contribution in [0.15, 0.2) is 6.07 Å². The van der Waals surface area contributed by atoms with E-state index < -0.39 is 11.9 Å². The number of ether oxygens (including phenoxy) is 2. The Balaban J connectivity index is 3.26. The fourth-order valence-electron chi connectivity index (χ4n) is 1.97. The molecule has 0 radical (unpaired) electrons. The maximum absolute atomic E-state index is 10.9. The Morgan fingerprint density at radius 1 is 1.28 bits per heavy atom. The van der Waals surface area contributed by atoms with Gasteiger partial charge in [0.25, 0.3) is 0 Å². The van der Waals surface area contributed by atoms with Crippen LogP contribution in [0.5, 0.6) is 11.5 Å². The molecule has 0 bridgehead atoms. The van der Waals surface area contributed by atoms with Crippen LogP contribution in [0.2, 0.25) is 0 Å². The second-order valence-electron chi connectivity index (χ2n) is 4.49. The summed E-state index contributed by atoms with van der Waals surface area (Å²) in [7, 11) is 3.16. The van der Waals surface area contributed by atoms with Crippen LogP contribution in [0.4, 0.5) is 0 Å². The molecule has 1 N–H and O–H groups in total. The maximum atomic E-state index is 10.9. The first-order chi connectivity index (χ1) is 8.42. The van der Waals surface area contributed by atoms with E-state index in [0.717, 1.165) is 16.7 Å². The van der Waals surface area contributed by atoms with Gasteiger partial charge in [-0.15, -0.1) is 0 Å². The lowest BCUT2D eigenvalue weighted by molar-refractivity contribution is -0.141. The van der Waals surface area contributed by atoms with Crippen molar-refractivity contribution in [3.8, 4) is 11.5 Å². The molecular formula is C14H20O4. The van der Waals surface area contributed by atoms with Crippen molar-refractivity contribution >= 4 is 5.97 Å². The van der Waals surface area contributed by atoms with Crippen molar-refractivity contribution in [2.24, 2.45) is 5.92 Å². The van der Waals surface area contributed by atoms with Gasteiger partial charge in [0.15, 0.2) is 11.5 Å². The summed E-state index contributed by atoms with van der Waals surface area (Å²) in [6, 6.07) is 1.97. The van der Waals surface area contributed by atoms with Gasteiger partial charge in [0.2, 0.25) is 0 Å². The van der Waals surface area contributed by atoms with E-state index in [4.69, 9.17) is 14.6 Å². The molecule has 1 rings (SSSR count). The molecule has 18 heavy (non-hydrogen) atoms. The average Bonchev–Trinajstić information content (AvgIpc) is 2.32. The standard InChI is InChI=1S/C14H20O4/c1-8-6-11(7-9(2)14(15)16)13(18-5)12(17-4)10(8)3/h6,9H,7H2,1-5H3,(H,15,16). The summed E-state index contributed by atoms with van der Waals surface area (Å²) in [5.74, 6) is 0.0544. The fourth-order valence-corrected chi connectivity index (χ4v) is 1.97. The maximum Gasteiger partial charge on any atom is 0.306 e. The molecule has 0 spiro atoms. The number of aliphatic carboxylic acids is 1. The van der Waals surface area contributed by atoms with Crippen molar-refractivity contribution in [3.05, 3.63) is 22.8 Å². The van der Waals surface area contributed by atoms with Gasteiger partial charge in [-0.25, -0.2) is 0 Å². The molecule has 0 fully saturated rings. The normalized spacial score (nSPS) is 12.1. The Morgan fingerprint density at radius 3 is 2.28 bits per heavy atom. The number of rotatable bonds is 5. The number of methoxy groups -OCH3 is 2. The van der Waals surface area contributed by atoms with E-state index in [-0.39, 0.29) is 0 Å². The molecule has 1 unspecified atom stereocenters. The highest BCUT2D eigenvalue weighted by Gasteiger charge is 2.19. The minimum Gasteiger partial charge on any atom is -0.493 e. The quantitative estimate of drug-likeness (QED) is 0.875. The van der Waals surface area contributed by atoms with E-state index in [9.17, 15) is 4.79 Å². The summed E-state index contributed by atoms with van der Waals surface area (Å²) in [6.45, 7) is 5.62. The molecule has 100 valence electrons. The second-order valence-corrected chi connectivity index (χ2v) is 4.49. The average molecular weight is 252 g/mol. The summed E-state index contributed by atoms with van der Waals surface area (Å²) in [5, 5.41) is 8.99. The molecule has 0 heterocycles. The van der Waals surface area contributed by atoms with Crippen LogP contribution in [-0.4, -0.2) is 25.3 Å². The largest absolute Gasteiger partial charge is 0.493 e. The molecule has 0 aliphatic heterocycles. The zero-order chi connectivity index (χ0) is 13.9. The van der Waals surface area contributed by atoms with Gasteiger partial charge in [0.05, 0.1) is 20.1 Å². The number of hydrogen-bond donors (Lipinski definition) is 1. The first kappa shape index (κ1) is 14.4. The van der Waals surface area contributed by atoms with Gasteiger partial charge in [-0.1, -0.05) is 13.0 Å². The molecule has 1 aromatic carbocycles. The first-order valence-electron chi connectivity index (χ1n) is 5.86. The van der Waals surface area contributed by atoms with E-state index in [1.54, 1.807) is 21.1 Å². The highest BCUT2D eigenvalue weighted by molar-refractivity contribution is 5.70. The van der Waals surface area contributed by atoms with Crippen molar-refractivity contribution in [1.82, 2.24) is 0 Å². The molecule has 0 aliphatic rings. The van der Waals surface area contributed by atoms with Gasteiger partial charge in [-0.2, -0.15) is 0 Å². The minimum absolute atomic E-state index is 0.427. The monoisotopic (exact) mass is 252 g/mol. The van der Waals surface area contributed by atoms with Crippen molar-refractivity contribution in [1.29, 1.82) is 0 Å². The van der Waals surface area contributed by atoms with Crippen molar-refractivity contribution in [2.75, 3.05) is 14.2 Å². The summed E-state index contributed by atoms with van der Waals surface area (Å²) >= 11 is 0. The molecule has 0 aliphatic carbocycles. The molecular weight excluding hydrogens is 232 g/mol. The van der Waals surface area contributed by atoms with E-state index in [0.29, 0.717) is 17.9 Å². The third-order valence-corrected chi connectivity index (χ3v) is 3.18. The van der Waals surface area contributed by atoms with Crippen LogP contribution in [0.1, 0.15) is 23.6 Å². The molecule has 1 atom stereocenters. The minimum atomic E-state index is -0.811. The number of carboxylic acids is 1. The Morgan fingerprint density at radius 2 is 1.83 bits per heavy atom. The second kappa shape index (κ2) is 5.76. The van der Waals surface area contributed by atoms with Gasteiger partial charge >= 0.3 is 5.97 Å². The Hall–Kier alpha value is -1.71. The van der Waals surface area contributed by atoms with E-state index >= 15 is 0 Å². The van der Waals surface area contributed by atoms with Gasteiger partial charge in [0.1, 0.15) is 0 Å². The third-order valence-electron chi connectivity index (χ3n) is 3.18. The lowest BCUT2D eigenvalue weighted by atomic mass is 9.96. The number of carbonyl (C=O) groups is 1. The number of carboxylic acid groups (broad SMARTS) is 1. The van der Waals surface area contributed by atoms with E-state index in [2.05, 4.69) is 0 Å². The van der Waals surface area contributed by atoms with Crippen LogP contribution < -0.4 is 9.47 Å². The Labute approximate surface area is 108 Å². The fraction of sp³-hybridized carbons (Fsp3) is 0.500. The highest BCUT2D eigenvalue weighted by Crippen LogP contribution is 2.37. The number of aryl methyl sites for hydroxylation is 1. The molecule has 0 saturated carbocycles. The van der Waals surface area contributed by atoms with Crippen molar-refractivity contribution < 1.29 is 19.4 Å². The predicted molar refractivity (Wildman–Crippen MR) is 69.5 cm³/mol. The Kier molecular flexibility index (Phi) is 4.59. The van der Waals surface area contributed by atoms with E-state index in [1.165, 1.54) is 0 Å². The summed E-state index contributed by atoms with van der Waals surface area (Å²) < 4.78 is 10.7. The molecule has 0 aromatic heterocycles. The molecule has 0 amide bonds. The zero-order valence-corrected chi connectivity index (χ0v) is 11.5. The summed E-state index contributed by atoms with van der Waals surface area (Å²) in [6.07, 6.45) is 0.427. The van der Waals surface area contributed by atoms with Gasteiger partial charge < -0.3 is 14.6 Å². The molecule has 4 nitrogen and oxygen atoms in total. The van der Waals surface area contributed by atoms with Gasteiger partial charge in [0, 0.05) is 0 Å². The molecule has 1 aromatic rings. The SMILES string of the molecule is COc1c(CC(C)C(=O)O)cc(C)c(C)c1OC. The lowest BCUT2D eigenvalue weighted by Crippen LogP contribution is -2.13. The smallest absolute Gasteiger partial charge is 0.306 e. The topological polar surface area (TPSA) is 55.8 Å². The van der Waals surface area contributed by atoms with Crippen LogP contribution in [0.25, 0.3) is 0 Å². The van der Waals surface area contributed by atoms with Crippen molar-refractivity contribution in [3.63, 3.8) is 0 Å². The highest BCUT2D eigenvalue weighted by atomic mass is 16.5. The van der Waals surface area contributed by atoms with Crippen LogP contribution >= 0.6 is 0 Å². The van der Waals surface area contributed by atoms with E-state index in [1.807, 2.05) is 19.9 Å². The number of hydrogen-bond acceptors (Lipinski definition) is 3. The van der Waals surface area contributed by atoms with Gasteiger partial charge in [-0.05, 0) is 37.0 Å². The third kappa shape index (κ3) is 2.75. The summed E-state index contributed by atoms with van der Waals surface area (Å²) in [5.41, 5.74) is 2.95. The first-order valence-corrected chi connectivity index (χ1v) is 5.86. The lowest BCUT2D eigenvalue weighted by Gasteiger charge is -2.18. The van der Waals surface area contributed by atoms with Crippen LogP contribution in [0, 0.1) is 19.8 Å². The van der Waals surface area contributed by atoms with Crippen LogP contribution in [0.3, 0.4) is 0 Å². The predicted octanol–water partition coefficient (Wildman–Crippen LogP) is 2.58. The zero-order valence-electron chi connectivity index (χ0n) is 11.5. The molecule has 4 heteroatoms. The Bertz CT molecular complexity index is 452. The molecule has 0 saturated heterocycles. The van der Waals surface area contributed by atoms with Crippen molar-refractivity contribution in [2.45, 2.75) is 27.2 Å². The summed E-state index contributed by atoms with van der Waals surface area (Å²) in [4.78, 5) is 10.9. The van der Waals surface area contributed by atoms with Gasteiger partial charge in [-0.3, -0.25) is 4.79 Å². The van der Waals surface area contributed by atoms with Crippen LogP contribution in [-0.2, 0) is 11.2 Å².